The van der Waals surface area contributed by atoms with Crippen LogP contribution in [0.2, 0.25) is 0 Å². The van der Waals surface area contributed by atoms with Gasteiger partial charge in [0.15, 0.2) is 17.4 Å². The van der Waals surface area contributed by atoms with E-state index in [4.69, 9.17) is 15.6 Å². The predicted octanol–water partition coefficient (Wildman–Crippen LogP) is 3.95. The fourth-order valence-electron chi connectivity index (χ4n) is 4.68. The Labute approximate surface area is 258 Å². The van der Waals surface area contributed by atoms with Crippen LogP contribution < -0.4 is 16.1 Å². The number of hydrogen-bond donors (Lipinski definition) is 4. The van der Waals surface area contributed by atoms with Crippen molar-refractivity contribution in [1.82, 2.24) is 15.6 Å². The first-order valence-electron chi connectivity index (χ1n) is 13.6. The number of benzene rings is 3. The van der Waals surface area contributed by atoms with Crippen molar-refractivity contribution in [2.75, 3.05) is 19.7 Å². The molecular formula is C33H23F2N3O8. The number of pyridine rings is 1. The number of carboxylic acid groups (broad SMARTS) is 1. The van der Waals surface area contributed by atoms with Crippen LogP contribution in [-0.2, 0) is 11.3 Å². The largest absolute Gasteiger partial charge is 0.505 e. The maximum absolute atomic E-state index is 14.5. The van der Waals surface area contributed by atoms with Crippen LogP contribution in [0.1, 0.15) is 36.8 Å². The van der Waals surface area contributed by atoms with E-state index in [2.05, 4.69) is 21.5 Å². The lowest BCUT2D eigenvalue weighted by Gasteiger charge is -2.18. The van der Waals surface area contributed by atoms with Gasteiger partial charge in [0.05, 0.1) is 23.4 Å². The van der Waals surface area contributed by atoms with Crippen LogP contribution >= 0.6 is 0 Å². The molecule has 5 rings (SSSR count). The highest BCUT2D eigenvalue weighted by Crippen LogP contribution is 2.43. The highest BCUT2D eigenvalue weighted by molar-refractivity contribution is 6.09. The fraction of sp³-hybridized carbons (Fsp3) is 0.121. The molecule has 0 unspecified atom stereocenters. The number of carbonyl (C=O) groups is 3. The molecule has 0 spiro atoms. The lowest BCUT2D eigenvalue weighted by Crippen LogP contribution is -2.34. The van der Waals surface area contributed by atoms with Crippen molar-refractivity contribution in [2.45, 2.75) is 6.61 Å². The highest BCUT2D eigenvalue weighted by atomic mass is 19.1. The van der Waals surface area contributed by atoms with Gasteiger partial charge >= 0.3 is 5.97 Å². The topological polar surface area (TPSA) is 168 Å². The van der Waals surface area contributed by atoms with Crippen LogP contribution in [0.4, 0.5) is 8.78 Å². The van der Waals surface area contributed by atoms with Gasteiger partial charge in [0.1, 0.15) is 18.0 Å². The van der Waals surface area contributed by atoms with Crippen molar-refractivity contribution in [3.8, 4) is 40.5 Å². The van der Waals surface area contributed by atoms with Gasteiger partial charge in [0.25, 0.3) is 11.8 Å². The van der Waals surface area contributed by atoms with E-state index < -0.39 is 40.6 Å². The van der Waals surface area contributed by atoms with Crippen LogP contribution in [-0.4, -0.2) is 52.7 Å². The number of fused-ring (bicyclic) bond motifs is 2. The molecule has 2 aliphatic rings. The zero-order valence-electron chi connectivity index (χ0n) is 23.7. The first-order valence-corrected chi connectivity index (χ1v) is 13.6. The van der Waals surface area contributed by atoms with Gasteiger partial charge in [-0.25, -0.2) is 13.6 Å². The van der Waals surface area contributed by atoms with E-state index in [1.165, 1.54) is 18.3 Å². The number of aromatic nitrogens is 1. The normalized spacial score (nSPS) is 10.9. The molecular weight excluding hydrogens is 604 g/mol. The summed E-state index contributed by atoms with van der Waals surface area (Å²) in [6.45, 7) is 0.347. The number of carboxylic acids is 1. The third-order valence-electron chi connectivity index (χ3n) is 6.84. The molecule has 1 aliphatic heterocycles. The zero-order valence-corrected chi connectivity index (χ0v) is 23.7. The monoisotopic (exact) mass is 627 g/mol. The number of hydrogen-bond acceptors (Lipinski definition) is 8. The van der Waals surface area contributed by atoms with Gasteiger partial charge in [-0.1, -0.05) is 5.92 Å². The molecule has 0 atom stereocenters. The van der Waals surface area contributed by atoms with Crippen LogP contribution in [0.25, 0.3) is 33.4 Å². The van der Waals surface area contributed by atoms with Gasteiger partial charge in [0, 0.05) is 53.5 Å². The number of halogens is 2. The van der Waals surface area contributed by atoms with E-state index in [9.17, 15) is 38.2 Å². The summed E-state index contributed by atoms with van der Waals surface area (Å²) < 4.78 is 39.8. The lowest BCUT2D eigenvalue weighted by molar-refractivity contribution is 0.0696. The Bertz CT molecular complexity index is 2070. The summed E-state index contributed by atoms with van der Waals surface area (Å²) in [5, 5.41) is 25.1. The number of carbonyl (C=O) groups excluding carboxylic acids is 2. The summed E-state index contributed by atoms with van der Waals surface area (Å²) >= 11 is 0. The second-order valence-electron chi connectivity index (χ2n) is 9.87. The number of rotatable bonds is 10. The number of nitrogens with one attached hydrogen (secondary N) is 2. The molecule has 2 heterocycles. The molecule has 4 N–H and O–H groups in total. The first-order chi connectivity index (χ1) is 22.1. The molecule has 11 nitrogen and oxygen atoms in total. The van der Waals surface area contributed by atoms with Crippen molar-refractivity contribution >= 4 is 28.8 Å². The van der Waals surface area contributed by atoms with E-state index in [0.717, 1.165) is 30.3 Å². The summed E-state index contributed by atoms with van der Waals surface area (Å²) in [5.41, 5.74) is -0.830. The van der Waals surface area contributed by atoms with Gasteiger partial charge in [-0.2, -0.15) is 0 Å². The van der Waals surface area contributed by atoms with Gasteiger partial charge in [-0.3, -0.25) is 19.4 Å². The molecule has 2 aromatic carbocycles. The van der Waals surface area contributed by atoms with Crippen molar-refractivity contribution in [2.24, 2.45) is 0 Å². The summed E-state index contributed by atoms with van der Waals surface area (Å²) in [6, 6.07) is 10.3. The average molecular weight is 628 g/mol. The molecule has 3 aromatic rings. The fourth-order valence-corrected chi connectivity index (χ4v) is 4.68. The van der Waals surface area contributed by atoms with Gasteiger partial charge in [0.2, 0.25) is 5.43 Å². The number of aromatic carboxylic acids is 1. The van der Waals surface area contributed by atoms with Gasteiger partial charge in [-0.05, 0) is 48.0 Å². The minimum Gasteiger partial charge on any atom is -0.505 e. The molecule has 0 bridgehead atoms. The number of aromatic hydroxyl groups is 1. The quantitative estimate of drug-likeness (QED) is 0.102. The lowest BCUT2D eigenvalue weighted by atomic mass is 9.89. The Hall–Kier alpha value is -6.13. The molecule has 0 saturated carbocycles. The van der Waals surface area contributed by atoms with Gasteiger partial charge in [-0.15, -0.1) is 6.42 Å². The maximum Gasteiger partial charge on any atom is 0.336 e. The summed E-state index contributed by atoms with van der Waals surface area (Å²) in [4.78, 5) is 53.9. The zero-order chi connectivity index (χ0) is 33.0. The third kappa shape index (κ3) is 6.52. The number of phenolic OH excluding ortho intramolecular Hbond substituents is 1. The second-order valence-corrected chi connectivity index (χ2v) is 9.87. The predicted molar refractivity (Wildman–Crippen MR) is 160 cm³/mol. The molecule has 1 aromatic heterocycles. The molecule has 232 valence electrons. The Morgan fingerprint density at radius 3 is 2.33 bits per heavy atom. The minimum atomic E-state index is -1.41. The van der Waals surface area contributed by atoms with Crippen LogP contribution in [0.5, 0.6) is 5.75 Å². The number of nitrogens with zero attached hydrogens (tertiary/aromatic N) is 1. The Balaban J connectivity index is 1.39. The van der Waals surface area contributed by atoms with E-state index in [1.807, 2.05) is 0 Å². The molecule has 0 saturated heterocycles. The first kappa shape index (κ1) is 31.3. The minimum absolute atomic E-state index is 0.00984. The number of terminal acetylenes is 1. The van der Waals surface area contributed by atoms with Crippen molar-refractivity contribution < 1.29 is 42.5 Å². The number of amides is 2. The molecule has 2 amide bonds. The molecule has 46 heavy (non-hydrogen) atoms. The summed E-state index contributed by atoms with van der Waals surface area (Å²) in [7, 11) is 0. The molecule has 1 aliphatic carbocycles. The summed E-state index contributed by atoms with van der Waals surface area (Å²) in [5.74, 6) is -3.33. The average Bonchev–Trinajstić information content (AvgIpc) is 3.03. The van der Waals surface area contributed by atoms with Crippen molar-refractivity contribution in [3.05, 3.63) is 105 Å². The second kappa shape index (κ2) is 13.2. The van der Waals surface area contributed by atoms with Crippen molar-refractivity contribution in [1.29, 1.82) is 0 Å². The van der Waals surface area contributed by atoms with E-state index in [-0.39, 0.29) is 76.4 Å². The van der Waals surface area contributed by atoms with Crippen molar-refractivity contribution in [3.63, 3.8) is 0 Å². The van der Waals surface area contributed by atoms with E-state index in [0.29, 0.717) is 5.69 Å². The van der Waals surface area contributed by atoms with Crippen LogP contribution in [0.15, 0.2) is 70.0 Å². The van der Waals surface area contributed by atoms with Gasteiger partial charge < -0.3 is 30.0 Å². The maximum atomic E-state index is 14.5. The SMILES string of the molecule is C#CCOCc1ccc(C(=O)NCCNC(=O)c2ccc(C(=O)O)c(-c3c4cc(F)c(=O)cc-4oc4cc(O)c(F)cc34)c2)cn1. The molecule has 0 radical (unpaired) electrons. The van der Waals surface area contributed by atoms with E-state index in [1.54, 1.807) is 12.1 Å². The summed E-state index contributed by atoms with van der Waals surface area (Å²) in [6.07, 6.45) is 6.50. The molecule has 0 fully saturated rings. The highest BCUT2D eigenvalue weighted by Gasteiger charge is 2.25. The van der Waals surface area contributed by atoms with E-state index >= 15 is 0 Å². The third-order valence-corrected chi connectivity index (χ3v) is 6.84. The van der Waals surface area contributed by atoms with Crippen LogP contribution in [0.3, 0.4) is 0 Å². The Morgan fingerprint density at radius 1 is 0.935 bits per heavy atom. The molecule has 13 heteroatoms. The smallest absolute Gasteiger partial charge is 0.336 e. The van der Waals surface area contributed by atoms with Crippen LogP contribution in [0, 0.1) is 24.0 Å². The standard InChI is InChI=1S/C33H23F2N3O8/c1-2-9-45-16-19-5-3-18(15-38-19)32(42)37-8-7-36-31(41)17-4-6-20(33(43)44)21(10-17)30-22-11-24(34)26(39)13-28(22)46-29-14-27(40)25(35)12-23(29)30/h1,3-6,10-15,39H,7-9,16H2,(H,36,41)(H,37,42)(H,43,44). The Kier molecular flexibility index (Phi) is 9.01. The Morgan fingerprint density at radius 2 is 1.65 bits per heavy atom. The number of ether oxygens (including phenoxy) is 1. The number of phenols is 1.